The average Bonchev–Trinajstić information content (AvgIpc) is 1.95. The van der Waals surface area contributed by atoms with Gasteiger partial charge in [-0.3, -0.25) is 0 Å². The van der Waals surface area contributed by atoms with Crippen molar-refractivity contribution in [1.82, 2.24) is 0 Å². The van der Waals surface area contributed by atoms with Gasteiger partial charge in [0.1, 0.15) is 0 Å². The van der Waals surface area contributed by atoms with E-state index in [1.807, 2.05) is 6.08 Å². The third-order valence-corrected chi connectivity index (χ3v) is 2.15. The van der Waals surface area contributed by atoms with E-state index in [4.69, 9.17) is 5.11 Å². The van der Waals surface area contributed by atoms with Gasteiger partial charge in [-0.2, -0.15) is 0 Å². The van der Waals surface area contributed by atoms with Crippen LogP contribution in [0.2, 0.25) is 0 Å². The Morgan fingerprint density at radius 1 is 1.20 bits per heavy atom. The Labute approximate surface area is 61.2 Å². The molecule has 0 spiro atoms. The molecule has 58 valence electrons. The lowest BCUT2D eigenvalue weighted by molar-refractivity contribution is -0.0188. The van der Waals surface area contributed by atoms with Crippen LogP contribution in [0.1, 0.15) is 19.3 Å². The van der Waals surface area contributed by atoms with Crippen molar-refractivity contribution >= 4 is 0 Å². The predicted octanol–water partition coefficient (Wildman–Crippen LogP) is 0.694. The van der Waals surface area contributed by atoms with Crippen LogP contribution >= 0.6 is 0 Å². The van der Waals surface area contributed by atoms with Gasteiger partial charge in [0.2, 0.25) is 0 Å². The van der Waals surface area contributed by atoms with E-state index < -0.39 is 12.2 Å². The Morgan fingerprint density at radius 2 is 1.90 bits per heavy atom. The minimum Gasteiger partial charge on any atom is -0.390 e. The molecule has 1 fully saturated rings. The minimum atomic E-state index is -0.531. The third kappa shape index (κ3) is 1.58. The maximum Gasteiger partial charge on any atom is 0.0804 e. The summed E-state index contributed by atoms with van der Waals surface area (Å²) >= 11 is 0. The second-order valence-electron chi connectivity index (χ2n) is 2.94. The molecule has 1 aliphatic rings. The van der Waals surface area contributed by atoms with Gasteiger partial charge in [-0.1, -0.05) is 6.08 Å². The minimum absolute atomic E-state index is 0.401. The Bertz CT molecular complexity index is 122. The summed E-state index contributed by atoms with van der Waals surface area (Å²) in [6.07, 6.45) is 3.16. The standard InChI is InChI=1S/C8H14O2/c1-2-6-3-4-7(9)8(10)5-6/h2,6-10H,1,3-5H2/t6-,7-,8-/m1/s1. The normalized spacial score (nSPS) is 41.2. The van der Waals surface area contributed by atoms with E-state index >= 15 is 0 Å². The molecule has 0 unspecified atom stereocenters. The first-order valence-electron chi connectivity index (χ1n) is 3.72. The molecule has 3 atom stereocenters. The Hall–Kier alpha value is -0.340. The van der Waals surface area contributed by atoms with Crippen LogP contribution in [0.5, 0.6) is 0 Å². The molecular weight excluding hydrogens is 128 g/mol. The highest BCUT2D eigenvalue weighted by molar-refractivity contribution is 4.88. The van der Waals surface area contributed by atoms with E-state index in [2.05, 4.69) is 6.58 Å². The van der Waals surface area contributed by atoms with Gasteiger partial charge in [-0.05, 0) is 25.2 Å². The highest BCUT2D eigenvalue weighted by Crippen LogP contribution is 2.24. The Balaban J connectivity index is 2.40. The molecule has 0 aromatic heterocycles. The van der Waals surface area contributed by atoms with E-state index in [0.29, 0.717) is 18.8 Å². The summed E-state index contributed by atoms with van der Waals surface area (Å²) in [6, 6.07) is 0. The number of rotatable bonds is 1. The van der Waals surface area contributed by atoms with Crippen molar-refractivity contribution in [3.8, 4) is 0 Å². The third-order valence-electron chi connectivity index (χ3n) is 2.15. The first kappa shape index (κ1) is 7.76. The molecule has 2 nitrogen and oxygen atoms in total. The predicted molar refractivity (Wildman–Crippen MR) is 39.6 cm³/mol. The first-order chi connectivity index (χ1) is 4.74. The summed E-state index contributed by atoms with van der Waals surface area (Å²) < 4.78 is 0. The fourth-order valence-electron chi connectivity index (χ4n) is 1.38. The lowest BCUT2D eigenvalue weighted by atomic mass is 9.86. The summed E-state index contributed by atoms with van der Waals surface area (Å²) in [5.41, 5.74) is 0. The zero-order valence-electron chi connectivity index (χ0n) is 6.03. The molecule has 2 N–H and O–H groups in total. The van der Waals surface area contributed by atoms with Crippen molar-refractivity contribution < 1.29 is 10.2 Å². The molecule has 0 amide bonds. The second kappa shape index (κ2) is 3.17. The SMILES string of the molecule is C=C[C@@H]1CC[C@@H](O)[C@H](O)C1. The molecule has 0 radical (unpaired) electrons. The van der Waals surface area contributed by atoms with Crippen LogP contribution in [0.25, 0.3) is 0 Å². The van der Waals surface area contributed by atoms with Crippen molar-refractivity contribution in [1.29, 1.82) is 0 Å². The molecule has 0 heterocycles. The van der Waals surface area contributed by atoms with Gasteiger partial charge in [0, 0.05) is 0 Å². The van der Waals surface area contributed by atoms with Crippen LogP contribution in [0, 0.1) is 5.92 Å². The van der Waals surface area contributed by atoms with Crippen LogP contribution in [-0.2, 0) is 0 Å². The molecule has 1 aliphatic carbocycles. The van der Waals surface area contributed by atoms with Gasteiger partial charge in [0.15, 0.2) is 0 Å². The fourth-order valence-corrected chi connectivity index (χ4v) is 1.38. The fraction of sp³-hybridized carbons (Fsp3) is 0.750. The molecule has 0 saturated heterocycles. The number of hydrogen-bond acceptors (Lipinski definition) is 2. The lowest BCUT2D eigenvalue weighted by Crippen LogP contribution is -2.32. The number of hydrogen-bond donors (Lipinski definition) is 2. The quantitative estimate of drug-likeness (QED) is 0.529. The van der Waals surface area contributed by atoms with Gasteiger partial charge in [-0.15, -0.1) is 6.58 Å². The van der Waals surface area contributed by atoms with Crippen molar-refractivity contribution in [2.45, 2.75) is 31.5 Å². The van der Waals surface area contributed by atoms with Gasteiger partial charge in [0.05, 0.1) is 12.2 Å². The lowest BCUT2D eigenvalue weighted by Gasteiger charge is -2.27. The van der Waals surface area contributed by atoms with Crippen molar-refractivity contribution in [3.05, 3.63) is 12.7 Å². The van der Waals surface area contributed by atoms with Crippen LogP contribution in [0.15, 0.2) is 12.7 Å². The van der Waals surface area contributed by atoms with Crippen molar-refractivity contribution in [2.24, 2.45) is 5.92 Å². The number of aliphatic hydroxyl groups is 2. The van der Waals surface area contributed by atoms with Crippen LogP contribution < -0.4 is 0 Å². The summed E-state index contributed by atoms with van der Waals surface area (Å²) in [6.45, 7) is 3.65. The first-order valence-corrected chi connectivity index (χ1v) is 3.72. The average molecular weight is 142 g/mol. The molecule has 0 aromatic carbocycles. The molecule has 0 aromatic rings. The van der Waals surface area contributed by atoms with E-state index in [0.717, 1.165) is 6.42 Å². The van der Waals surface area contributed by atoms with E-state index in [-0.39, 0.29) is 0 Å². The Kier molecular flexibility index (Phi) is 2.46. The molecule has 1 saturated carbocycles. The molecule has 0 aliphatic heterocycles. The number of aliphatic hydroxyl groups excluding tert-OH is 2. The Morgan fingerprint density at radius 3 is 2.40 bits per heavy atom. The summed E-state index contributed by atoms with van der Waals surface area (Å²) in [4.78, 5) is 0. The topological polar surface area (TPSA) is 40.5 Å². The smallest absolute Gasteiger partial charge is 0.0804 e. The van der Waals surface area contributed by atoms with Gasteiger partial charge in [-0.25, -0.2) is 0 Å². The molecule has 1 rings (SSSR count). The highest BCUT2D eigenvalue weighted by atomic mass is 16.3. The van der Waals surface area contributed by atoms with E-state index in [1.165, 1.54) is 0 Å². The monoisotopic (exact) mass is 142 g/mol. The molecule has 0 bridgehead atoms. The molecule has 2 heteroatoms. The second-order valence-corrected chi connectivity index (χ2v) is 2.94. The largest absolute Gasteiger partial charge is 0.390 e. The van der Waals surface area contributed by atoms with Crippen molar-refractivity contribution in [2.75, 3.05) is 0 Å². The zero-order valence-corrected chi connectivity index (χ0v) is 6.03. The maximum atomic E-state index is 9.18. The van der Waals surface area contributed by atoms with Gasteiger partial charge >= 0.3 is 0 Å². The van der Waals surface area contributed by atoms with Gasteiger partial charge < -0.3 is 10.2 Å². The highest BCUT2D eigenvalue weighted by Gasteiger charge is 2.25. The number of allylic oxidation sites excluding steroid dienone is 1. The van der Waals surface area contributed by atoms with Crippen LogP contribution in [0.4, 0.5) is 0 Å². The molecule has 10 heavy (non-hydrogen) atoms. The van der Waals surface area contributed by atoms with E-state index in [1.54, 1.807) is 0 Å². The summed E-state index contributed by atoms with van der Waals surface area (Å²) in [5, 5.41) is 18.3. The molecular formula is C8H14O2. The van der Waals surface area contributed by atoms with Gasteiger partial charge in [0.25, 0.3) is 0 Å². The zero-order chi connectivity index (χ0) is 7.56. The van der Waals surface area contributed by atoms with E-state index in [9.17, 15) is 5.11 Å². The van der Waals surface area contributed by atoms with Crippen LogP contribution in [-0.4, -0.2) is 22.4 Å². The van der Waals surface area contributed by atoms with Crippen LogP contribution in [0.3, 0.4) is 0 Å². The maximum absolute atomic E-state index is 9.18. The summed E-state index contributed by atoms with van der Waals surface area (Å²) in [5.74, 6) is 0.401. The van der Waals surface area contributed by atoms with Crippen molar-refractivity contribution in [3.63, 3.8) is 0 Å². The summed E-state index contributed by atoms with van der Waals surface area (Å²) in [7, 11) is 0.